The molecule has 0 amide bonds. The number of nitrogens with one attached hydrogen (secondary N) is 1. The first-order valence-corrected chi connectivity index (χ1v) is 8.04. The summed E-state index contributed by atoms with van der Waals surface area (Å²) in [7, 11) is -3.28. The van der Waals surface area contributed by atoms with Gasteiger partial charge >= 0.3 is 5.97 Å². The minimum absolute atomic E-state index is 0.0813. The highest BCUT2D eigenvalue weighted by atomic mass is 32.2. The van der Waals surface area contributed by atoms with Crippen molar-refractivity contribution < 1.29 is 18.3 Å². The third kappa shape index (κ3) is 6.16. The molecule has 0 saturated carbocycles. The van der Waals surface area contributed by atoms with Crippen LogP contribution in [0.3, 0.4) is 0 Å². The number of rotatable bonds is 6. The summed E-state index contributed by atoms with van der Waals surface area (Å²) in [6.07, 6.45) is 0.531. The zero-order valence-electron chi connectivity index (χ0n) is 12.0. The third-order valence-corrected chi connectivity index (χ3v) is 4.45. The highest BCUT2D eigenvalue weighted by Crippen LogP contribution is 2.15. The fourth-order valence-electron chi connectivity index (χ4n) is 1.79. The zero-order valence-corrected chi connectivity index (χ0v) is 12.8. The molecular formula is C14H21NO4S. The van der Waals surface area contributed by atoms with E-state index in [2.05, 4.69) is 4.72 Å². The second-order valence-electron chi connectivity index (χ2n) is 5.97. The molecule has 6 heteroatoms. The van der Waals surface area contributed by atoms with Crippen molar-refractivity contribution >= 4 is 16.0 Å². The highest BCUT2D eigenvalue weighted by molar-refractivity contribution is 7.89. The molecule has 2 N–H and O–H groups in total. The van der Waals surface area contributed by atoms with Crippen molar-refractivity contribution in [2.45, 2.75) is 27.2 Å². The Hall–Kier alpha value is -1.40. The molecule has 0 unspecified atom stereocenters. The van der Waals surface area contributed by atoms with Crippen molar-refractivity contribution in [2.75, 3.05) is 12.3 Å². The summed E-state index contributed by atoms with van der Waals surface area (Å²) in [6, 6.07) is 6.42. The highest BCUT2D eigenvalue weighted by Gasteiger charge is 2.20. The number of carbonyl (C=O) groups is 1. The van der Waals surface area contributed by atoms with Crippen LogP contribution < -0.4 is 4.72 Å². The predicted molar refractivity (Wildman–Crippen MR) is 78.3 cm³/mol. The van der Waals surface area contributed by atoms with Gasteiger partial charge in [-0.05, 0) is 29.5 Å². The smallest absolute Gasteiger partial charge is 0.335 e. The summed E-state index contributed by atoms with van der Waals surface area (Å²) >= 11 is 0. The standard InChI is InChI=1S/C14H21NO4S/c1-14(2,3)10-20(18,19)15-9-8-11-4-6-12(7-5-11)13(16)17/h4-7,15H,8-10H2,1-3H3,(H,16,17). The Balaban J connectivity index is 2.50. The van der Waals surface area contributed by atoms with Crippen LogP contribution in [0, 0.1) is 5.41 Å². The number of carboxylic acids is 1. The molecule has 20 heavy (non-hydrogen) atoms. The van der Waals surface area contributed by atoms with E-state index in [1.54, 1.807) is 12.1 Å². The maximum Gasteiger partial charge on any atom is 0.335 e. The van der Waals surface area contributed by atoms with Gasteiger partial charge in [-0.3, -0.25) is 0 Å². The van der Waals surface area contributed by atoms with E-state index in [1.165, 1.54) is 12.1 Å². The molecule has 0 saturated heterocycles. The van der Waals surface area contributed by atoms with E-state index >= 15 is 0 Å². The van der Waals surface area contributed by atoms with Gasteiger partial charge in [0.1, 0.15) is 0 Å². The van der Waals surface area contributed by atoms with Crippen LogP contribution in [0.15, 0.2) is 24.3 Å². The molecule has 0 radical (unpaired) electrons. The van der Waals surface area contributed by atoms with Crippen LogP contribution >= 0.6 is 0 Å². The summed E-state index contributed by atoms with van der Waals surface area (Å²) in [5.74, 6) is -0.889. The lowest BCUT2D eigenvalue weighted by Crippen LogP contribution is -2.33. The van der Waals surface area contributed by atoms with E-state index < -0.39 is 16.0 Å². The molecule has 0 atom stereocenters. The van der Waals surface area contributed by atoms with E-state index in [-0.39, 0.29) is 16.7 Å². The maximum absolute atomic E-state index is 11.8. The van der Waals surface area contributed by atoms with Crippen LogP contribution in [-0.2, 0) is 16.4 Å². The lowest BCUT2D eigenvalue weighted by atomic mass is 10.0. The van der Waals surface area contributed by atoms with Crippen molar-refractivity contribution in [3.05, 3.63) is 35.4 Å². The van der Waals surface area contributed by atoms with E-state index in [4.69, 9.17) is 5.11 Å². The van der Waals surface area contributed by atoms with Crippen molar-refractivity contribution in [3.63, 3.8) is 0 Å². The van der Waals surface area contributed by atoms with Crippen molar-refractivity contribution in [3.8, 4) is 0 Å². The average molecular weight is 299 g/mol. The van der Waals surface area contributed by atoms with Crippen LogP contribution in [0.25, 0.3) is 0 Å². The maximum atomic E-state index is 11.8. The second kappa shape index (κ2) is 6.37. The van der Waals surface area contributed by atoms with Crippen LogP contribution in [0.4, 0.5) is 0 Å². The van der Waals surface area contributed by atoms with E-state index in [0.717, 1.165) is 5.56 Å². The number of aromatic carboxylic acids is 1. The molecular weight excluding hydrogens is 278 g/mol. The minimum atomic E-state index is -3.28. The molecule has 112 valence electrons. The van der Waals surface area contributed by atoms with Gasteiger partial charge in [0.25, 0.3) is 0 Å². The Morgan fingerprint density at radius 3 is 2.20 bits per heavy atom. The normalized spacial score (nSPS) is 12.3. The molecule has 1 aromatic carbocycles. The minimum Gasteiger partial charge on any atom is -0.478 e. The summed E-state index contributed by atoms with van der Waals surface area (Å²) in [5, 5.41) is 8.77. The average Bonchev–Trinajstić information content (AvgIpc) is 2.26. The van der Waals surface area contributed by atoms with E-state index in [9.17, 15) is 13.2 Å². The zero-order chi connectivity index (χ0) is 15.4. The second-order valence-corrected chi connectivity index (χ2v) is 7.77. The molecule has 0 aliphatic rings. The molecule has 0 aliphatic heterocycles. The SMILES string of the molecule is CC(C)(C)CS(=O)(=O)NCCc1ccc(C(=O)O)cc1. The summed E-state index contributed by atoms with van der Waals surface area (Å²) < 4.78 is 26.1. The number of sulfonamides is 1. The van der Waals surface area contributed by atoms with Crippen molar-refractivity contribution in [1.29, 1.82) is 0 Å². The van der Waals surface area contributed by atoms with Gasteiger partial charge in [0.15, 0.2) is 0 Å². The molecule has 1 aromatic rings. The van der Waals surface area contributed by atoms with Gasteiger partial charge in [-0.2, -0.15) is 0 Å². The van der Waals surface area contributed by atoms with E-state index in [1.807, 2.05) is 20.8 Å². The predicted octanol–water partition coefficient (Wildman–Crippen LogP) is 1.89. The third-order valence-electron chi connectivity index (χ3n) is 2.56. The van der Waals surface area contributed by atoms with Crippen molar-refractivity contribution in [2.24, 2.45) is 5.41 Å². The Bertz CT molecular complexity index is 556. The first kappa shape index (κ1) is 16.7. The first-order chi connectivity index (χ1) is 9.09. The lowest BCUT2D eigenvalue weighted by Gasteiger charge is -2.18. The molecule has 5 nitrogen and oxygen atoms in total. The number of hydrogen-bond acceptors (Lipinski definition) is 3. The van der Waals surface area contributed by atoms with Crippen LogP contribution in [0.2, 0.25) is 0 Å². The van der Waals surface area contributed by atoms with Gasteiger partial charge in [-0.15, -0.1) is 0 Å². The topological polar surface area (TPSA) is 83.5 Å². The van der Waals surface area contributed by atoms with Gasteiger partial charge in [0, 0.05) is 6.54 Å². The molecule has 0 heterocycles. The quantitative estimate of drug-likeness (QED) is 0.840. The van der Waals surface area contributed by atoms with Gasteiger partial charge in [-0.25, -0.2) is 17.9 Å². The summed E-state index contributed by atoms with van der Waals surface area (Å²) in [5.41, 5.74) is 0.838. The summed E-state index contributed by atoms with van der Waals surface area (Å²) in [4.78, 5) is 10.7. The van der Waals surface area contributed by atoms with E-state index in [0.29, 0.717) is 13.0 Å². The Labute approximate surface area is 120 Å². The summed E-state index contributed by atoms with van der Waals surface area (Å²) in [6.45, 7) is 5.93. The van der Waals surface area contributed by atoms with Crippen LogP contribution in [-0.4, -0.2) is 31.8 Å². The Morgan fingerprint density at radius 2 is 1.75 bits per heavy atom. The lowest BCUT2D eigenvalue weighted by molar-refractivity contribution is 0.0697. The molecule has 1 rings (SSSR count). The van der Waals surface area contributed by atoms with Gasteiger partial charge in [0.05, 0.1) is 11.3 Å². The van der Waals surface area contributed by atoms with Gasteiger partial charge in [-0.1, -0.05) is 32.9 Å². The first-order valence-electron chi connectivity index (χ1n) is 6.39. The molecule has 0 aromatic heterocycles. The van der Waals surface area contributed by atoms with Crippen LogP contribution in [0.5, 0.6) is 0 Å². The van der Waals surface area contributed by atoms with Gasteiger partial charge in [0.2, 0.25) is 10.0 Å². The fourth-order valence-corrected chi connectivity index (χ4v) is 3.44. The number of hydrogen-bond donors (Lipinski definition) is 2. The molecule has 0 bridgehead atoms. The fraction of sp³-hybridized carbons (Fsp3) is 0.500. The molecule has 0 aliphatic carbocycles. The van der Waals surface area contributed by atoms with Gasteiger partial charge < -0.3 is 5.11 Å². The number of benzene rings is 1. The Morgan fingerprint density at radius 1 is 1.20 bits per heavy atom. The Kier molecular flexibility index (Phi) is 5.30. The molecule has 0 spiro atoms. The van der Waals surface area contributed by atoms with Crippen LogP contribution in [0.1, 0.15) is 36.7 Å². The molecule has 0 fully saturated rings. The monoisotopic (exact) mass is 299 g/mol. The largest absolute Gasteiger partial charge is 0.478 e. The van der Waals surface area contributed by atoms with Crippen molar-refractivity contribution in [1.82, 2.24) is 4.72 Å². The number of carboxylic acid groups (broad SMARTS) is 1.